The second-order valence-corrected chi connectivity index (χ2v) is 5.79. The van der Waals surface area contributed by atoms with Crippen LogP contribution in [-0.4, -0.2) is 62.1 Å². The van der Waals surface area contributed by atoms with E-state index < -0.39 is 0 Å². The average Bonchev–Trinajstić information content (AvgIpc) is 2.51. The zero-order valence-electron chi connectivity index (χ0n) is 13.7. The molecule has 1 aromatic carbocycles. The quantitative estimate of drug-likeness (QED) is 0.837. The molecule has 0 radical (unpaired) electrons. The van der Waals surface area contributed by atoms with E-state index in [9.17, 15) is 4.79 Å². The second kappa shape index (κ2) is 8.76. The number of para-hydroxylation sites is 2. The van der Waals surface area contributed by atoms with Crippen LogP contribution in [0.4, 0.5) is 5.69 Å². The summed E-state index contributed by atoms with van der Waals surface area (Å²) in [6.45, 7) is 7.98. The molecule has 0 aromatic heterocycles. The summed E-state index contributed by atoms with van der Waals surface area (Å²) in [5.41, 5.74) is 0.763. The van der Waals surface area contributed by atoms with Crippen molar-refractivity contribution in [2.45, 2.75) is 19.8 Å². The van der Waals surface area contributed by atoms with Crippen LogP contribution in [0.15, 0.2) is 24.3 Å². The highest BCUT2D eigenvalue weighted by atomic mass is 16.5. The first-order valence-electron chi connectivity index (χ1n) is 8.11. The Labute approximate surface area is 133 Å². The number of carbonyl (C=O) groups excluding carboxylic acids is 1. The molecule has 1 saturated heterocycles. The van der Waals surface area contributed by atoms with Crippen LogP contribution in [0.2, 0.25) is 0 Å². The van der Waals surface area contributed by atoms with Crippen LogP contribution in [0.1, 0.15) is 19.8 Å². The average molecular weight is 305 g/mol. The lowest BCUT2D eigenvalue weighted by atomic mass is 10.2. The number of benzene rings is 1. The lowest BCUT2D eigenvalue weighted by Gasteiger charge is -2.32. The van der Waals surface area contributed by atoms with Gasteiger partial charge in [-0.2, -0.15) is 0 Å². The number of amides is 1. The third-order valence-electron chi connectivity index (χ3n) is 3.90. The predicted molar refractivity (Wildman–Crippen MR) is 89.4 cm³/mol. The second-order valence-electron chi connectivity index (χ2n) is 5.79. The molecular formula is C17H27N3O2. The Morgan fingerprint density at radius 3 is 2.68 bits per heavy atom. The summed E-state index contributed by atoms with van der Waals surface area (Å²) >= 11 is 0. The summed E-state index contributed by atoms with van der Waals surface area (Å²) in [7, 11) is 2.16. The van der Waals surface area contributed by atoms with Crippen molar-refractivity contribution in [3.05, 3.63) is 24.3 Å². The van der Waals surface area contributed by atoms with Crippen molar-refractivity contribution in [3.8, 4) is 5.75 Å². The summed E-state index contributed by atoms with van der Waals surface area (Å²) < 4.78 is 5.88. The summed E-state index contributed by atoms with van der Waals surface area (Å²) in [4.78, 5) is 16.5. The molecule has 0 aliphatic carbocycles. The van der Waals surface area contributed by atoms with Gasteiger partial charge in [-0.25, -0.2) is 0 Å². The van der Waals surface area contributed by atoms with E-state index in [1.54, 1.807) is 0 Å². The van der Waals surface area contributed by atoms with Gasteiger partial charge >= 0.3 is 0 Å². The SMILES string of the molecule is CCCC(=O)Nc1ccccc1OCCN1CCN(C)CC1. The van der Waals surface area contributed by atoms with Crippen LogP contribution in [-0.2, 0) is 4.79 Å². The Bertz CT molecular complexity index is 471. The van der Waals surface area contributed by atoms with Gasteiger partial charge in [-0.05, 0) is 25.6 Å². The Morgan fingerprint density at radius 1 is 1.23 bits per heavy atom. The van der Waals surface area contributed by atoms with E-state index in [-0.39, 0.29) is 5.91 Å². The molecule has 0 unspecified atom stereocenters. The summed E-state index contributed by atoms with van der Waals surface area (Å²) in [6.07, 6.45) is 1.38. The van der Waals surface area contributed by atoms with E-state index >= 15 is 0 Å². The van der Waals surface area contributed by atoms with E-state index in [4.69, 9.17) is 4.74 Å². The maximum Gasteiger partial charge on any atom is 0.224 e. The minimum absolute atomic E-state index is 0.0395. The molecule has 22 heavy (non-hydrogen) atoms. The van der Waals surface area contributed by atoms with Gasteiger partial charge in [-0.1, -0.05) is 19.1 Å². The monoisotopic (exact) mass is 305 g/mol. The normalized spacial score (nSPS) is 16.5. The van der Waals surface area contributed by atoms with Gasteiger partial charge in [0.05, 0.1) is 5.69 Å². The minimum atomic E-state index is 0.0395. The van der Waals surface area contributed by atoms with Crippen molar-refractivity contribution in [2.75, 3.05) is 51.7 Å². The first-order chi connectivity index (χ1) is 10.7. The molecule has 1 N–H and O–H groups in total. The Kier molecular flexibility index (Phi) is 6.68. The maximum atomic E-state index is 11.7. The zero-order chi connectivity index (χ0) is 15.8. The molecule has 0 spiro atoms. The number of ether oxygens (including phenoxy) is 1. The van der Waals surface area contributed by atoms with Crippen LogP contribution < -0.4 is 10.1 Å². The Balaban J connectivity index is 1.81. The summed E-state index contributed by atoms with van der Waals surface area (Å²) in [5.74, 6) is 0.790. The van der Waals surface area contributed by atoms with Gasteiger partial charge < -0.3 is 15.0 Å². The minimum Gasteiger partial charge on any atom is -0.490 e. The van der Waals surface area contributed by atoms with Crippen LogP contribution in [0.5, 0.6) is 5.75 Å². The van der Waals surface area contributed by atoms with E-state index in [0.717, 1.165) is 50.6 Å². The van der Waals surface area contributed by atoms with Crippen molar-refractivity contribution in [2.24, 2.45) is 0 Å². The summed E-state index contributed by atoms with van der Waals surface area (Å²) in [6, 6.07) is 7.64. The molecule has 1 aliphatic heterocycles. The molecule has 2 rings (SSSR count). The van der Waals surface area contributed by atoms with Gasteiger partial charge in [0, 0.05) is 39.1 Å². The molecule has 1 fully saturated rings. The highest BCUT2D eigenvalue weighted by molar-refractivity contribution is 5.92. The van der Waals surface area contributed by atoms with Crippen molar-refractivity contribution >= 4 is 11.6 Å². The molecule has 1 aromatic rings. The van der Waals surface area contributed by atoms with E-state index in [1.165, 1.54) is 0 Å². The topological polar surface area (TPSA) is 44.8 Å². The van der Waals surface area contributed by atoms with Gasteiger partial charge in [0.2, 0.25) is 5.91 Å². The molecule has 0 saturated carbocycles. The van der Waals surface area contributed by atoms with Gasteiger partial charge in [0.15, 0.2) is 0 Å². The number of piperazine rings is 1. The number of nitrogens with zero attached hydrogens (tertiary/aromatic N) is 2. The van der Waals surface area contributed by atoms with Gasteiger partial charge in [0.1, 0.15) is 12.4 Å². The first-order valence-corrected chi connectivity index (χ1v) is 8.11. The maximum absolute atomic E-state index is 11.7. The fraction of sp³-hybridized carbons (Fsp3) is 0.588. The fourth-order valence-electron chi connectivity index (χ4n) is 2.49. The van der Waals surface area contributed by atoms with Crippen LogP contribution in [0.3, 0.4) is 0 Å². The number of hydrogen-bond acceptors (Lipinski definition) is 4. The lowest BCUT2D eigenvalue weighted by Crippen LogP contribution is -2.45. The molecule has 1 aliphatic rings. The number of hydrogen-bond donors (Lipinski definition) is 1. The lowest BCUT2D eigenvalue weighted by molar-refractivity contribution is -0.116. The zero-order valence-corrected chi connectivity index (χ0v) is 13.7. The molecule has 1 heterocycles. The Hall–Kier alpha value is -1.59. The van der Waals surface area contributed by atoms with Gasteiger partial charge in [-0.15, -0.1) is 0 Å². The number of carbonyl (C=O) groups is 1. The van der Waals surface area contributed by atoms with Crippen LogP contribution in [0.25, 0.3) is 0 Å². The molecule has 5 nitrogen and oxygen atoms in total. The van der Waals surface area contributed by atoms with Crippen molar-refractivity contribution in [1.82, 2.24) is 9.80 Å². The molecule has 122 valence electrons. The predicted octanol–water partition coefficient (Wildman–Crippen LogP) is 2.05. The first kappa shape index (κ1) is 16.8. The van der Waals surface area contributed by atoms with Crippen LogP contribution in [0, 0.1) is 0 Å². The number of likely N-dealkylation sites (N-methyl/N-ethyl adjacent to an activating group) is 1. The van der Waals surface area contributed by atoms with Gasteiger partial charge in [-0.3, -0.25) is 9.69 Å². The summed E-state index contributed by atoms with van der Waals surface area (Å²) in [5, 5.41) is 2.92. The number of anilines is 1. The molecule has 0 atom stereocenters. The fourth-order valence-corrected chi connectivity index (χ4v) is 2.49. The smallest absolute Gasteiger partial charge is 0.224 e. The van der Waals surface area contributed by atoms with E-state index in [1.807, 2.05) is 31.2 Å². The Morgan fingerprint density at radius 2 is 1.95 bits per heavy atom. The van der Waals surface area contributed by atoms with Crippen molar-refractivity contribution in [1.29, 1.82) is 0 Å². The molecule has 5 heteroatoms. The van der Waals surface area contributed by atoms with Crippen molar-refractivity contribution in [3.63, 3.8) is 0 Å². The number of rotatable bonds is 7. The highest BCUT2D eigenvalue weighted by Crippen LogP contribution is 2.24. The third-order valence-corrected chi connectivity index (χ3v) is 3.90. The third kappa shape index (κ3) is 5.31. The molecular weight excluding hydrogens is 278 g/mol. The van der Waals surface area contributed by atoms with Crippen LogP contribution >= 0.6 is 0 Å². The molecule has 1 amide bonds. The number of nitrogens with one attached hydrogen (secondary N) is 1. The largest absolute Gasteiger partial charge is 0.490 e. The molecule has 0 bridgehead atoms. The van der Waals surface area contributed by atoms with Gasteiger partial charge in [0.25, 0.3) is 0 Å². The van der Waals surface area contributed by atoms with E-state index in [2.05, 4.69) is 22.2 Å². The highest BCUT2D eigenvalue weighted by Gasteiger charge is 2.13. The van der Waals surface area contributed by atoms with E-state index in [0.29, 0.717) is 13.0 Å². The standard InChI is InChI=1S/C17H27N3O2/c1-3-6-17(21)18-15-7-4-5-8-16(15)22-14-13-20-11-9-19(2)10-12-20/h4-5,7-8H,3,6,9-14H2,1-2H3,(H,18,21). The van der Waals surface area contributed by atoms with Crippen molar-refractivity contribution < 1.29 is 9.53 Å².